The Labute approximate surface area is 155 Å². The molecule has 6 heteroatoms. The molecule has 0 fully saturated rings. The summed E-state index contributed by atoms with van der Waals surface area (Å²) in [6.07, 6.45) is 2.20. The Morgan fingerprint density at radius 2 is 1.85 bits per heavy atom. The van der Waals surface area contributed by atoms with Gasteiger partial charge in [0, 0.05) is 22.5 Å². The number of rotatable bonds is 4. The number of nitrogens with zero attached hydrogens (tertiary/aromatic N) is 3. The predicted molar refractivity (Wildman–Crippen MR) is 102 cm³/mol. The van der Waals surface area contributed by atoms with E-state index in [2.05, 4.69) is 15.5 Å². The van der Waals surface area contributed by atoms with E-state index in [0.717, 1.165) is 22.6 Å². The minimum atomic E-state index is -0.0874. The van der Waals surface area contributed by atoms with Gasteiger partial charge in [0.25, 0.3) is 0 Å². The van der Waals surface area contributed by atoms with Gasteiger partial charge in [0.1, 0.15) is 0 Å². The number of fused-ring (bicyclic) bond motifs is 1. The number of amides is 1. The van der Waals surface area contributed by atoms with Crippen LogP contribution in [-0.2, 0) is 11.2 Å². The number of hydrogen-bond donors (Lipinski definition) is 1. The molecule has 1 amide bonds. The van der Waals surface area contributed by atoms with Crippen LogP contribution in [0.1, 0.15) is 5.56 Å². The van der Waals surface area contributed by atoms with Crippen molar-refractivity contribution in [2.45, 2.75) is 6.42 Å². The van der Waals surface area contributed by atoms with E-state index in [0.29, 0.717) is 10.7 Å². The molecule has 0 aliphatic carbocycles. The molecule has 0 bridgehead atoms. The lowest BCUT2D eigenvalue weighted by Crippen LogP contribution is -2.14. The van der Waals surface area contributed by atoms with Gasteiger partial charge in [-0.05, 0) is 42.0 Å². The standard InChI is InChI=1S/C20H15ClN4O/c21-16-9-7-14(8-10-16)12-19(26)22-17-5-3-4-15(13-17)20-24-23-18-6-1-2-11-25(18)20/h1-11,13H,12H2,(H,22,26). The fourth-order valence-electron chi connectivity index (χ4n) is 2.77. The second-order valence-electron chi connectivity index (χ2n) is 5.88. The van der Waals surface area contributed by atoms with Crippen molar-refractivity contribution in [3.05, 3.63) is 83.5 Å². The molecule has 0 saturated carbocycles. The van der Waals surface area contributed by atoms with Crippen molar-refractivity contribution in [2.24, 2.45) is 0 Å². The van der Waals surface area contributed by atoms with E-state index < -0.39 is 0 Å². The van der Waals surface area contributed by atoms with Gasteiger partial charge in [-0.1, -0.05) is 41.9 Å². The second kappa shape index (κ2) is 6.98. The summed E-state index contributed by atoms with van der Waals surface area (Å²) < 4.78 is 1.91. The first-order valence-corrected chi connectivity index (χ1v) is 8.51. The molecule has 26 heavy (non-hydrogen) atoms. The lowest BCUT2D eigenvalue weighted by molar-refractivity contribution is -0.115. The van der Waals surface area contributed by atoms with E-state index in [1.807, 2.05) is 65.2 Å². The molecule has 0 aliphatic heterocycles. The van der Waals surface area contributed by atoms with Gasteiger partial charge in [-0.25, -0.2) is 0 Å². The molecule has 4 rings (SSSR count). The zero-order valence-electron chi connectivity index (χ0n) is 13.8. The van der Waals surface area contributed by atoms with Crippen LogP contribution < -0.4 is 5.32 Å². The van der Waals surface area contributed by atoms with Crippen LogP contribution >= 0.6 is 11.6 Å². The molecule has 128 valence electrons. The quantitative estimate of drug-likeness (QED) is 0.591. The van der Waals surface area contributed by atoms with Gasteiger partial charge < -0.3 is 5.32 Å². The summed E-state index contributed by atoms with van der Waals surface area (Å²) >= 11 is 5.87. The molecule has 0 unspecified atom stereocenters. The Balaban J connectivity index is 1.54. The van der Waals surface area contributed by atoms with Crippen molar-refractivity contribution in [1.82, 2.24) is 14.6 Å². The van der Waals surface area contributed by atoms with E-state index in [9.17, 15) is 4.79 Å². The zero-order chi connectivity index (χ0) is 17.9. The molecule has 0 radical (unpaired) electrons. The number of aromatic nitrogens is 3. The topological polar surface area (TPSA) is 59.3 Å². The van der Waals surface area contributed by atoms with Crippen LogP contribution in [0.4, 0.5) is 5.69 Å². The van der Waals surface area contributed by atoms with E-state index >= 15 is 0 Å². The maximum absolute atomic E-state index is 12.3. The summed E-state index contributed by atoms with van der Waals surface area (Å²) in [5, 5.41) is 12.0. The Bertz CT molecular complexity index is 1070. The van der Waals surface area contributed by atoms with Gasteiger partial charge in [-0.2, -0.15) is 0 Å². The normalized spacial score (nSPS) is 10.8. The molecule has 5 nitrogen and oxygen atoms in total. The van der Waals surface area contributed by atoms with Crippen LogP contribution in [0.5, 0.6) is 0 Å². The van der Waals surface area contributed by atoms with Crippen LogP contribution in [0.15, 0.2) is 72.9 Å². The van der Waals surface area contributed by atoms with Gasteiger partial charge >= 0.3 is 0 Å². The largest absolute Gasteiger partial charge is 0.326 e. The number of pyridine rings is 1. The van der Waals surface area contributed by atoms with E-state index in [1.54, 1.807) is 12.1 Å². The lowest BCUT2D eigenvalue weighted by Gasteiger charge is -2.07. The highest BCUT2D eigenvalue weighted by atomic mass is 35.5. The molecular weight excluding hydrogens is 348 g/mol. The zero-order valence-corrected chi connectivity index (χ0v) is 14.5. The molecule has 2 aromatic carbocycles. The highest BCUT2D eigenvalue weighted by molar-refractivity contribution is 6.30. The summed E-state index contributed by atoms with van der Waals surface area (Å²) in [5.74, 6) is 0.643. The molecule has 4 aromatic rings. The number of carbonyl (C=O) groups is 1. The van der Waals surface area contributed by atoms with Crippen LogP contribution in [0, 0.1) is 0 Å². The summed E-state index contributed by atoms with van der Waals surface area (Å²) in [7, 11) is 0. The lowest BCUT2D eigenvalue weighted by atomic mass is 10.1. The minimum absolute atomic E-state index is 0.0874. The van der Waals surface area contributed by atoms with Gasteiger partial charge in [-0.15, -0.1) is 10.2 Å². The summed E-state index contributed by atoms with van der Waals surface area (Å²) in [4.78, 5) is 12.3. The molecule has 2 aromatic heterocycles. The SMILES string of the molecule is O=C(Cc1ccc(Cl)cc1)Nc1cccc(-c2nnc3ccccn23)c1. The third-order valence-corrected chi connectivity index (χ3v) is 4.25. The van der Waals surface area contributed by atoms with Crippen molar-refractivity contribution < 1.29 is 4.79 Å². The number of nitrogens with one attached hydrogen (secondary N) is 1. The Hall–Kier alpha value is -3.18. The third kappa shape index (κ3) is 3.43. The van der Waals surface area contributed by atoms with Crippen molar-refractivity contribution in [3.8, 4) is 11.4 Å². The second-order valence-corrected chi connectivity index (χ2v) is 6.32. The highest BCUT2D eigenvalue weighted by Gasteiger charge is 2.09. The first-order chi connectivity index (χ1) is 12.7. The van der Waals surface area contributed by atoms with E-state index in [4.69, 9.17) is 11.6 Å². The van der Waals surface area contributed by atoms with Crippen molar-refractivity contribution in [2.75, 3.05) is 5.32 Å². The molecule has 0 spiro atoms. The predicted octanol–water partition coefficient (Wildman–Crippen LogP) is 4.23. The smallest absolute Gasteiger partial charge is 0.228 e. The number of carbonyl (C=O) groups excluding carboxylic acids is 1. The summed E-state index contributed by atoms with van der Waals surface area (Å²) in [5.41, 5.74) is 3.29. The monoisotopic (exact) mass is 362 g/mol. The molecule has 0 aliphatic rings. The van der Waals surface area contributed by atoms with E-state index in [1.165, 1.54) is 0 Å². The number of hydrogen-bond acceptors (Lipinski definition) is 3. The third-order valence-electron chi connectivity index (χ3n) is 4.00. The maximum atomic E-state index is 12.3. The number of benzene rings is 2. The molecule has 0 saturated heterocycles. The van der Waals surface area contributed by atoms with E-state index in [-0.39, 0.29) is 12.3 Å². The molecule has 0 atom stereocenters. The Morgan fingerprint density at radius 3 is 2.69 bits per heavy atom. The van der Waals surface area contributed by atoms with Crippen molar-refractivity contribution in [1.29, 1.82) is 0 Å². The average Bonchev–Trinajstić information content (AvgIpc) is 3.08. The van der Waals surface area contributed by atoms with Gasteiger partial charge in [0.15, 0.2) is 11.5 Å². The fraction of sp³-hybridized carbons (Fsp3) is 0.0500. The van der Waals surface area contributed by atoms with Gasteiger partial charge in [0.05, 0.1) is 6.42 Å². The average molecular weight is 363 g/mol. The molecule has 1 N–H and O–H groups in total. The Kier molecular flexibility index (Phi) is 4.37. The fourth-order valence-corrected chi connectivity index (χ4v) is 2.89. The first-order valence-electron chi connectivity index (χ1n) is 8.13. The van der Waals surface area contributed by atoms with Gasteiger partial charge in [0.2, 0.25) is 5.91 Å². The summed E-state index contributed by atoms with van der Waals surface area (Å²) in [6.45, 7) is 0. The van der Waals surface area contributed by atoms with Crippen LogP contribution in [0.2, 0.25) is 5.02 Å². The van der Waals surface area contributed by atoms with Crippen molar-refractivity contribution in [3.63, 3.8) is 0 Å². The molecule has 2 heterocycles. The van der Waals surface area contributed by atoms with Crippen LogP contribution in [0.3, 0.4) is 0 Å². The van der Waals surface area contributed by atoms with Crippen molar-refractivity contribution >= 4 is 28.8 Å². The van der Waals surface area contributed by atoms with Crippen LogP contribution in [0.25, 0.3) is 17.0 Å². The Morgan fingerprint density at radius 1 is 1.00 bits per heavy atom. The first kappa shape index (κ1) is 16.3. The molecular formula is C20H15ClN4O. The maximum Gasteiger partial charge on any atom is 0.228 e. The van der Waals surface area contributed by atoms with Crippen LogP contribution in [-0.4, -0.2) is 20.5 Å². The van der Waals surface area contributed by atoms with Gasteiger partial charge in [-0.3, -0.25) is 9.20 Å². The summed E-state index contributed by atoms with van der Waals surface area (Å²) in [6, 6.07) is 20.6. The highest BCUT2D eigenvalue weighted by Crippen LogP contribution is 2.22. The minimum Gasteiger partial charge on any atom is -0.326 e. The number of halogens is 1. The number of anilines is 1.